The maximum Gasteiger partial charge on any atom is 0.340 e. The summed E-state index contributed by atoms with van der Waals surface area (Å²) in [6.07, 6.45) is 8.85. The van der Waals surface area contributed by atoms with Crippen molar-refractivity contribution in [3.05, 3.63) is 41.6 Å². The second kappa shape index (κ2) is 6.63. The smallest absolute Gasteiger partial charge is 0.340 e. The molecule has 5 nitrogen and oxygen atoms in total. The van der Waals surface area contributed by atoms with Crippen LogP contribution in [0.4, 0.5) is 0 Å². The van der Waals surface area contributed by atoms with Crippen molar-refractivity contribution in [2.24, 2.45) is 5.92 Å². The van der Waals surface area contributed by atoms with Crippen LogP contribution in [0.2, 0.25) is 0 Å². The van der Waals surface area contributed by atoms with Crippen LogP contribution >= 0.6 is 0 Å². The fraction of sp³-hybridized carbons (Fsp3) is 0.429. The van der Waals surface area contributed by atoms with Gasteiger partial charge >= 0.3 is 11.9 Å². The van der Waals surface area contributed by atoms with Crippen LogP contribution in [0.25, 0.3) is 10.9 Å². The fourth-order valence-electron chi connectivity index (χ4n) is 3.90. The Bertz CT molecular complexity index is 904. The van der Waals surface area contributed by atoms with Crippen LogP contribution < -0.4 is 4.74 Å². The zero-order chi connectivity index (χ0) is 18.3. The van der Waals surface area contributed by atoms with Crippen molar-refractivity contribution in [2.45, 2.75) is 45.1 Å². The van der Waals surface area contributed by atoms with Crippen molar-refractivity contribution < 1.29 is 19.1 Å². The summed E-state index contributed by atoms with van der Waals surface area (Å²) >= 11 is 0. The van der Waals surface area contributed by atoms with E-state index in [-0.39, 0.29) is 17.9 Å². The molecule has 1 aromatic heterocycles. The number of carbonyl (C=O) groups excluding carboxylic acids is 2. The Labute approximate surface area is 152 Å². The number of fused-ring (bicyclic) bond motifs is 1. The van der Waals surface area contributed by atoms with E-state index in [1.165, 1.54) is 7.11 Å². The molecule has 1 fully saturated rings. The van der Waals surface area contributed by atoms with Gasteiger partial charge in [-0.3, -0.25) is 4.79 Å². The van der Waals surface area contributed by atoms with Gasteiger partial charge < -0.3 is 14.0 Å². The Morgan fingerprint density at radius 3 is 2.69 bits per heavy atom. The summed E-state index contributed by atoms with van der Waals surface area (Å²) in [5, 5.41) is 0.785. The molecule has 2 aromatic rings. The molecule has 0 saturated heterocycles. The van der Waals surface area contributed by atoms with E-state index in [0.29, 0.717) is 23.8 Å². The highest BCUT2D eigenvalue weighted by Gasteiger charge is 2.30. The van der Waals surface area contributed by atoms with E-state index in [0.717, 1.165) is 42.3 Å². The number of ether oxygens (including phenoxy) is 2. The predicted octanol–water partition coefficient (Wildman–Crippen LogP) is 4.33. The molecule has 2 aliphatic rings. The van der Waals surface area contributed by atoms with Crippen LogP contribution in [0.5, 0.6) is 5.75 Å². The average molecular weight is 353 g/mol. The molecule has 0 amide bonds. The Morgan fingerprint density at radius 1 is 1.23 bits per heavy atom. The van der Waals surface area contributed by atoms with Gasteiger partial charge in [-0.15, -0.1) is 0 Å². The van der Waals surface area contributed by atoms with Gasteiger partial charge in [-0.25, -0.2) is 4.79 Å². The van der Waals surface area contributed by atoms with Gasteiger partial charge in [0.15, 0.2) is 0 Å². The number of allylic oxidation sites excluding steroid dienone is 2. The lowest BCUT2D eigenvalue weighted by Gasteiger charge is -2.09. The van der Waals surface area contributed by atoms with Crippen molar-refractivity contribution in [1.29, 1.82) is 0 Å². The molecule has 0 spiro atoms. The van der Waals surface area contributed by atoms with E-state index < -0.39 is 0 Å². The predicted molar refractivity (Wildman–Crippen MR) is 98.4 cm³/mol. The highest BCUT2D eigenvalue weighted by atomic mass is 16.5. The summed E-state index contributed by atoms with van der Waals surface area (Å²) < 4.78 is 12.7. The first-order valence-corrected chi connectivity index (χ1v) is 9.18. The molecule has 0 radical (unpaired) electrons. The number of hydrogen-bond donors (Lipinski definition) is 0. The van der Waals surface area contributed by atoms with Gasteiger partial charge in [-0.2, -0.15) is 0 Å². The maximum atomic E-state index is 12.3. The summed E-state index contributed by atoms with van der Waals surface area (Å²) in [4.78, 5) is 24.5. The normalized spacial score (nSPS) is 19.1. The van der Waals surface area contributed by atoms with Gasteiger partial charge in [0.05, 0.1) is 19.1 Å². The third kappa shape index (κ3) is 3.02. The second-order valence-corrected chi connectivity index (χ2v) is 7.18. The third-order valence-corrected chi connectivity index (χ3v) is 5.29. The van der Waals surface area contributed by atoms with Crippen LogP contribution in [-0.2, 0) is 9.53 Å². The molecular weight excluding hydrogens is 330 g/mol. The number of carbonyl (C=O) groups is 2. The molecule has 1 heterocycles. The lowest BCUT2D eigenvalue weighted by atomic mass is 10.1. The number of aromatic nitrogens is 1. The number of methoxy groups -OCH3 is 1. The van der Waals surface area contributed by atoms with Gasteiger partial charge in [0.2, 0.25) is 0 Å². The van der Waals surface area contributed by atoms with Crippen molar-refractivity contribution in [3.63, 3.8) is 0 Å². The summed E-state index contributed by atoms with van der Waals surface area (Å²) in [7, 11) is 1.39. The number of rotatable bonds is 5. The van der Waals surface area contributed by atoms with E-state index in [2.05, 4.69) is 16.7 Å². The lowest BCUT2D eigenvalue weighted by Crippen LogP contribution is -2.12. The summed E-state index contributed by atoms with van der Waals surface area (Å²) in [5.41, 5.74) is 2.46. The lowest BCUT2D eigenvalue weighted by molar-refractivity contribution is -0.135. The van der Waals surface area contributed by atoms with Gasteiger partial charge in [-0.1, -0.05) is 12.2 Å². The summed E-state index contributed by atoms with van der Waals surface area (Å²) in [6, 6.07) is 5.98. The molecule has 0 N–H and O–H groups in total. The zero-order valence-corrected chi connectivity index (χ0v) is 15.2. The van der Waals surface area contributed by atoms with Crippen molar-refractivity contribution in [1.82, 2.24) is 4.57 Å². The summed E-state index contributed by atoms with van der Waals surface area (Å²) in [6.45, 7) is 1.95. The van der Waals surface area contributed by atoms with Gasteiger partial charge in [-0.05, 0) is 56.7 Å². The maximum absolute atomic E-state index is 12.3. The quantitative estimate of drug-likeness (QED) is 0.456. The molecule has 4 rings (SSSR count). The standard InChI is InChI=1S/C21H23NO4/c1-13-20(21(24)25-2)17-12-16(9-10-18(17)22(13)15-7-8-15)26-19(23)11-14-5-3-4-6-14/h3,5,9-10,12,14-15H,4,6-8,11H2,1-2H3. The Morgan fingerprint density at radius 2 is 2.04 bits per heavy atom. The van der Waals surface area contributed by atoms with Crippen molar-refractivity contribution in [2.75, 3.05) is 7.11 Å². The molecule has 1 saturated carbocycles. The van der Waals surface area contributed by atoms with E-state index >= 15 is 0 Å². The molecule has 136 valence electrons. The highest BCUT2D eigenvalue weighted by Crippen LogP contribution is 2.42. The van der Waals surface area contributed by atoms with E-state index in [1.807, 2.05) is 19.1 Å². The highest BCUT2D eigenvalue weighted by molar-refractivity contribution is 6.06. The molecule has 0 bridgehead atoms. The minimum absolute atomic E-state index is 0.237. The Balaban J connectivity index is 1.66. The minimum atomic E-state index is -0.355. The van der Waals surface area contributed by atoms with Crippen LogP contribution in [-0.4, -0.2) is 23.6 Å². The van der Waals surface area contributed by atoms with Crippen LogP contribution in [0.15, 0.2) is 30.4 Å². The topological polar surface area (TPSA) is 57.5 Å². The third-order valence-electron chi connectivity index (χ3n) is 5.29. The van der Waals surface area contributed by atoms with E-state index in [4.69, 9.17) is 9.47 Å². The molecule has 5 heteroatoms. The van der Waals surface area contributed by atoms with Gasteiger partial charge in [0, 0.05) is 22.6 Å². The van der Waals surface area contributed by atoms with E-state index in [9.17, 15) is 9.59 Å². The molecule has 1 aromatic carbocycles. The largest absolute Gasteiger partial charge is 0.465 e. The molecule has 0 aliphatic heterocycles. The number of benzene rings is 1. The average Bonchev–Trinajstić information content (AvgIpc) is 3.24. The number of esters is 2. The first-order chi connectivity index (χ1) is 12.6. The molecule has 2 aliphatic carbocycles. The van der Waals surface area contributed by atoms with Crippen molar-refractivity contribution >= 4 is 22.8 Å². The molecule has 1 unspecified atom stereocenters. The molecule has 1 atom stereocenters. The first-order valence-electron chi connectivity index (χ1n) is 9.18. The van der Waals surface area contributed by atoms with Gasteiger partial charge in [0.1, 0.15) is 5.75 Å². The van der Waals surface area contributed by atoms with Gasteiger partial charge in [0.25, 0.3) is 0 Å². The molecule has 26 heavy (non-hydrogen) atoms. The minimum Gasteiger partial charge on any atom is -0.465 e. The Kier molecular flexibility index (Phi) is 4.31. The Hall–Kier alpha value is -2.56. The van der Waals surface area contributed by atoms with Crippen molar-refractivity contribution in [3.8, 4) is 5.75 Å². The fourth-order valence-corrected chi connectivity index (χ4v) is 3.90. The number of hydrogen-bond acceptors (Lipinski definition) is 4. The monoisotopic (exact) mass is 353 g/mol. The first kappa shape index (κ1) is 16.9. The van der Waals surface area contributed by atoms with Crippen LogP contribution in [0.3, 0.4) is 0 Å². The van der Waals surface area contributed by atoms with Crippen LogP contribution in [0.1, 0.15) is 54.2 Å². The SMILES string of the molecule is COC(=O)c1c(C)n(C2CC2)c2ccc(OC(=O)CC3C=CCC3)cc12. The summed E-state index contributed by atoms with van der Waals surface area (Å²) in [5.74, 6) is 0.156. The molecular formula is C21H23NO4. The van der Waals surface area contributed by atoms with Crippen LogP contribution in [0, 0.1) is 12.8 Å². The zero-order valence-electron chi connectivity index (χ0n) is 15.2. The second-order valence-electron chi connectivity index (χ2n) is 7.18. The number of nitrogens with zero attached hydrogens (tertiary/aromatic N) is 1. The van der Waals surface area contributed by atoms with E-state index in [1.54, 1.807) is 6.07 Å².